The first-order valence-electron chi connectivity index (χ1n) is 9.39. The summed E-state index contributed by atoms with van der Waals surface area (Å²) in [6.07, 6.45) is 1.51. The lowest BCUT2D eigenvalue weighted by molar-refractivity contribution is -0.115. The lowest BCUT2D eigenvalue weighted by Crippen LogP contribution is -2.24. The molecule has 0 aliphatic carbocycles. The highest BCUT2D eigenvalue weighted by atomic mass is 32.2. The number of benzene rings is 1. The second-order valence-corrected chi connectivity index (χ2v) is 8.82. The average Bonchev–Trinajstić information content (AvgIpc) is 3.29. The summed E-state index contributed by atoms with van der Waals surface area (Å²) in [5.74, 6) is 0.925. The molecule has 3 heterocycles. The number of hydrogen-bond donors (Lipinski definition) is 1. The van der Waals surface area contributed by atoms with Gasteiger partial charge in [0, 0.05) is 12.1 Å². The molecule has 1 amide bonds. The Bertz CT molecular complexity index is 1130. The van der Waals surface area contributed by atoms with Crippen molar-refractivity contribution in [3.8, 4) is 0 Å². The zero-order chi connectivity index (χ0) is 19.7. The normalized spacial score (nSPS) is 12.5. The minimum Gasteiger partial charge on any atom is -0.325 e. The Balaban J connectivity index is 1.63. The Morgan fingerprint density at radius 3 is 2.68 bits per heavy atom. The number of carbonyl (C=O) groups is 1. The Morgan fingerprint density at radius 2 is 1.96 bits per heavy atom. The highest BCUT2D eigenvalue weighted by Crippen LogP contribution is 2.33. The first-order valence-corrected chi connectivity index (χ1v) is 11.1. The van der Waals surface area contributed by atoms with Crippen molar-refractivity contribution in [1.82, 2.24) is 14.6 Å². The monoisotopic (exact) mass is 410 g/mol. The molecule has 0 radical (unpaired) electrons. The molecule has 0 saturated heterocycles. The van der Waals surface area contributed by atoms with Crippen LogP contribution >= 0.6 is 23.1 Å². The first-order chi connectivity index (χ1) is 13.6. The van der Waals surface area contributed by atoms with Crippen LogP contribution in [0.2, 0.25) is 0 Å². The van der Waals surface area contributed by atoms with Gasteiger partial charge in [0.25, 0.3) is 0 Å². The molecular weight excluding hydrogens is 388 g/mol. The maximum atomic E-state index is 12.8. The largest absolute Gasteiger partial charge is 0.325 e. The Morgan fingerprint density at radius 1 is 1.18 bits per heavy atom. The van der Waals surface area contributed by atoms with E-state index >= 15 is 0 Å². The molecule has 3 aromatic heterocycles. The van der Waals surface area contributed by atoms with Crippen molar-refractivity contribution in [2.45, 2.75) is 43.9 Å². The summed E-state index contributed by atoms with van der Waals surface area (Å²) in [7, 11) is 0. The van der Waals surface area contributed by atoms with Gasteiger partial charge < -0.3 is 5.32 Å². The summed E-state index contributed by atoms with van der Waals surface area (Å²) in [6, 6.07) is 12.1. The number of aromatic nitrogens is 3. The van der Waals surface area contributed by atoms with Crippen LogP contribution in [-0.2, 0) is 11.2 Å². The molecule has 7 heteroatoms. The Kier molecular flexibility index (Phi) is 5.37. The van der Waals surface area contributed by atoms with Crippen LogP contribution in [0.15, 0.2) is 46.8 Å². The van der Waals surface area contributed by atoms with Crippen LogP contribution in [0.1, 0.15) is 31.7 Å². The smallest absolute Gasteiger partial charge is 0.237 e. The fourth-order valence-electron chi connectivity index (χ4n) is 3.19. The highest BCUT2D eigenvalue weighted by molar-refractivity contribution is 8.00. The second-order valence-electron chi connectivity index (χ2n) is 6.68. The molecule has 4 rings (SSSR count). The number of hydrogen-bond acceptors (Lipinski definition) is 5. The number of thiophene rings is 1. The predicted octanol–water partition coefficient (Wildman–Crippen LogP) is 5.32. The number of thioether (sulfide) groups is 1. The molecule has 1 N–H and O–H groups in total. The lowest BCUT2D eigenvalue weighted by Gasteiger charge is -2.15. The molecule has 1 unspecified atom stereocenters. The van der Waals surface area contributed by atoms with E-state index in [1.165, 1.54) is 22.0 Å². The SMILES string of the molecule is CCc1nnc(SC(CC)C(=O)Nc2ccc(C)cc2)c2cc3sccc3n12. The van der Waals surface area contributed by atoms with E-state index in [2.05, 4.69) is 44.4 Å². The molecule has 0 saturated carbocycles. The van der Waals surface area contributed by atoms with E-state index in [0.29, 0.717) is 6.42 Å². The molecule has 1 atom stereocenters. The molecule has 0 bridgehead atoms. The van der Waals surface area contributed by atoms with E-state index in [9.17, 15) is 4.79 Å². The third kappa shape index (κ3) is 3.52. The standard InChI is InChI=1S/C21H22N4OS2/c1-4-17(20(26)22-14-8-6-13(3)7-9-14)28-21-16-12-18-15(10-11-27-18)25(16)19(5-2)23-24-21/h6-12,17H,4-5H2,1-3H3,(H,22,26). The summed E-state index contributed by atoms with van der Waals surface area (Å²) < 4.78 is 3.38. The van der Waals surface area contributed by atoms with Gasteiger partial charge >= 0.3 is 0 Å². The van der Waals surface area contributed by atoms with Crippen molar-refractivity contribution in [3.05, 3.63) is 53.2 Å². The minimum atomic E-state index is -0.236. The van der Waals surface area contributed by atoms with Gasteiger partial charge in [0.1, 0.15) is 10.9 Å². The van der Waals surface area contributed by atoms with Gasteiger partial charge in [-0.05, 0) is 43.0 Å². The second kappa shape index (κ2) is 7.93. The van der Waals surface area contributed by atoms with Crippen molar-refractivity contribution in [2.75, 3.05) is 5.32 Å². The lowest BCUT2D eigenvalue weighted by atomic mass is 10.2. The van der Waals surface area contributed by atoms with Crippen molar-refractivity contribution in [2.24, 2.45) is 0 Å². The van der Waals surface area contributed by atoms with Gasteiger partial charge in [0.05, 0.1) is 21.0 Å². The van der Waals surface area contributed by atoms with Crippen LogP contribution in [0.3, 0.4) is 0 Å². The van der Waals surface area contributed by atoms with Gasteiger partial charge in [-0.25, -0.2) is 0 Å². The van der Waals surface area contributed by atoms with E-state index in [1.807, 2.05) is 38.1 Å². The maximum absolute atomic E-state index is 12.8. The van der Waals surface area contributed by atoms with E-state index in [4.69, 9.17) is 0 Å². The first kappa shape index (κ1) is 19.0. The molecule has 0 aliphatic rings. The summed E-state index contributed by atoms with van der Waals surface area (Å²) in [5.41, 5.74) is 4.17. The maximum Gasteiger partial charge on any atom is 0.237 e. The summed E-state index contributed by atoms with van der Waals surface area (Å²) in [5, 5.41) is 14.6. The quantitative estimate of drug-likeness (QED) is 0.437. The average molecular weight is 411 g/mol. The molecule has 28 heavy (non-hydrogen) atoms. The van der Waals surface area contributed by atoms with E-state index in [1.54, 1.807) is 11.3 Å². The number of nitrogens with zero attached hydrogens (tertiary/aromatic N) is 3. The van der Waals surface area contributed by atoms with Crippen LogP contribution in [0, 0.1) is 6.92 Å². The van der Waals surface area contributed by atoms with Crippen molar-refractivity contribution < 1.29 is 4.79 Å². The number of fused-ring (bicyclic) bond motifs is 3. The van der Waals surface area contributed by atoms with Crippen LogP contribution < -0.4 is 5.32 Å². The van der Waals surface area contributed by atoms with Crippen LogP contribution in [0.4, 0.5) is 5.69 Å². The van der Waals surface area contributed by atoms with Gasteiger partial charge in [0.2, 0.25) is 5.91 Å². The van der Waals surface area contributed by atoms with Crippen molar-refractivity contribution >= 4 is 50.4 Å². The summed E-state index contributed by atoms with van der Waals surface area (Å²) in [6.45, 7) is 6.13. The van der Waals surface area contributed by atoms with Gasteiger partial charge in [-0.1, -0.05) is 43.3 Å². The number of aryl methyl sites for hydroxylation is 2. The number of nitrogens with one attached hydrogen (secondary N) is 1. The van der Waals surface area contributed by atoms with Crippen LogP contribution in [-0.4, -0.2) is 25.8 Å². The topological polar surface area (TPSA) is 59.3 Å². The third-order valence-corrected chi connectivity index (χ3v) is 6.91. The minimum absolute atomic E-state index is 0.00996. The summed E-state index contributed by atoms with van der Waals surface area (Å²) >= 11 is 3.19. The molecule has 0 spiro atoms. The van der Waals surface area contributed by atoms with Gasteiger partial charge in [-0.15, -0.1) is 21.5 Å². The van der Waals surface area contributed by atoms with Gasteiger partial charge in [-0.2, -0.15) is 0 Å². The Hall–Kier alpha value is -2.38. The third-order valence-electron chi connectivity index (χ3n) is 4.71. The molecule has 4 aromatic rings. The molecular formula is C21H22N4OS2. The molecule has 5 nitrogen and oxygen atoms in total. The summed E-state index contributed by atoms with van der Waals surface area (Å²) in [4.78, 5) is 12.8. The zero-order valence-corrected chi connectivity index (χ0v) is 17.7. The highest BCUT2D eigenvalue weighted by Gasteiger charge is 2.22. The van der Waals surface area contributed by atoms with Crippen molar-refractivity contribution in [1.29, 1.82) is 0 Å². The Labute approximate surface area is 172 Å². The van der Waals surface area contributed by atoms with E-state index < -0.39 is 0 Å². The van der Waals surface area contributed by atoms with Gasteiger partial charge in [0.15, 0.2) is 0 Å². The van der Waals surface area contributed by atoms with E-state index in [0.717, 1.165) is 34.0 Å². The molecule has 0 aliphatic heterocycles. The number of anilines is 1. The van der Waals surface area contributed by atoms with Crippen LogP contribution in [0.25, 0.3) is 15.7 Å². The zero-order valence-electron chi connectivity index (χ0n) is 16.1. The van der Waals surface area contributed by atoms with Crippen LogP contribution in [0.5, 0.6) is 0 Å². The number of rotatable bonds is 6. The fraction of sp³-hybridized carbons (Fsp3) is 0.286. The van der Waals surface area contributed by atoms with E-state index in [-0.39, 0.29) is 11.2 Å². The molecule has 0 fully saturated rings. The van der Waals surface area contributed by atoms with Gasteiger partial charge in [-0.3, -0.25) is 9.20 Å². The van der Waals surface area contributed by atoms with Crippen molar-refractivity contribution in [3.63, 3.8) is 0 Å². The number of amides is 1. The molecule has 1 aromatic carbocycles. The predicted molar refractivity (Wildman–Crippen MR) is 117 cm³/mol. The fourth-order valence-corrected chi connectivity index (χ4v) is 4.95. The number of carbonyl (C=O) groups excluding carboxylic acids is 1. The molecule has 144 valence electrons.